The number of rotatable bonds is 6. The number of nitrogens with zero attached hydrogens (tertiary/aromatic N) is 3. The van der Waals surface area contributed by atoms with Crippen LogP contribution in [0.15, 0.2) is 4.90 Å². The van der Waals surface area contributed by atoms with Crippen molar-refractivity contribution in [1.82, 2.24) is 8.68 Å². The van der Waals surface area contributed by atoms with Crippen LogP contribution >= 0.6 is 11.5 Å². The lowest BCUT2D eigenvalue weighted by Crippen LogP contribution is -2.31. The zero-order valence-corrected chi connectivity index (χ0v) is 13.7. The predicted octanol–water partition coefficient (Wildman–Crippen LogP) is 1.60. The normalized spacial score (nSPS) is 13.8. The van der Waals surface area contributed by atoms with Crippen molar-refractivity contribution in [2.75, 3.05) is 31.8 Å². The van der Waals surface area contributed by atoms with E-state index in [0.717, 1.165) is 28.7 Å². The van der Waals surface area contributed by atoms with E-state index in [1.54, 1.807) is 0 Å². The molecule has 0 fully saturated rings. The van der Waals surface area contributed by atoms with Crippen LogP contribution in [0, 0.1) is 0 Å². The van der Waals surface area contributed by atoms with Crippen molar-refractivity contribution in [3.63, 3.8) is 0 Å². The minimum atomic E-state index is -3.57. The number of aromatic nitrogens is 1. The molecule has 0 bridgehead atoms. The second kappa shape index (κ2) is 6.06. The summed E-state index contributed by atoms with van der Waals surface area (Å²) in [5.41, 5.74) is 5.74. The quantitative estimate of drug-likeness (QED) is 0.863. The summed E-state index contributed by atoms with van der Waals surface area (Å²) < 4.78 is 29.8. The first-order valence-electron chi connectivity index (χ1n) is 6.14. The Labute approximate surface area is 119 Å². The van der Waals surface area contributed by atoms with Gasteiger partial charge in [0, 0.05) is 27.2 Å². The summed E-state index contributed by atoms with van der Waals surface area (Å²) >= 11 is 1.13. The lowest BCUT2D eigenvalue weighted by atomic mass is 10.2. The number of hydrogen-bond donors (Lipinski definition) is 1. The molecule has 0 aliphatic carbocycles. The Balaban J connectivity index is 3.26. The molecule has 1 rings (SSSR count). The maximum atomic E-state index is 12.3. The fourth-order valence-electron chi connectivity index (χ4n) is 1.75. The second-order valence-electron chi connectivity index (χ2n) is 4.74. The van der Waals surface area contributed by atoms with E-state index in [-0.39, 0.29) is 16.8 Å². The predicted molar refractivity (Wildman–Crippen MR) is 80.2 cm³/mol. The Morgan fingerprint density at radius 2 is 1.95 bits per heavy atom. The van der Waals surface area contributed by atoms with Crippen molar-refractivity contribution in [3.05, 3.63) is 0 Å². The molecule has 0 aliphatic heterocycles. The molecule has 0 saturated carbocycles. The molecule has 19 heavy (non-hydrogen) atoms. The molecule has 0 spiro atoms. The maximum absolute atomic E-state index is 12.3. The van der Waals surface area contributed by atoms with Crippen molar-refractivity contribution < 1.29 is 8.42 Å². The van der Waals surface area contributed by atoms with Crippen LogP contribution in [0.5, 0.6) is 0 Å². The van der Waals surface area contributed by atoms with Crippen molar-refractivity contribution in [1.29, 1.82) is 0 Å². The van der Waals surface area contributed by atoms with Gasteiger partial charge in [-0.1, -0.05) is 13.3 Å². The molecular weight excluding hydrogens is 284 g/mol. The molecule has 1 unspecified atom stereocenters. The molecule has 110 valence electrons. The van der Waals surface area contributed by atoms with Crippen LogP contribution in [0.2, 0.25) is 0 Å². The molecule has 0 radical (unpaired) electrons. The summed E-state index contributed by atoms with van der Waals surface area (Å²) in [7, 11) is 1.29. The van der Waals surface area contributed by atoms with Crippen molar-refractivity contribution in [2.24, 2.45) is 0 Å². The fourth-order valence-corrected chi connectivity index (χ4v) is 4.04. The zero-order chi connectivity index (χ0) is 14.8. The number of nitrogen functional groups attached to an aromatic ring is 1. The Hall–Kier alpha value is -0.860. The molecule has 0 amide bonds. The summed E-state index contributed by atoms with van der Waals surface area (Å²) in [5, 5.41) is 0.604. The first-order valence-corrected chi connectivity index (χ1v) is 8.35. The second-order valence-corrected chi connectivity index (χ2v) is 7.58. The molecule has 0 aliphatic rings. The Morgan fingerprint density at radius 3 is 2.42 bits per heavy atom. The van der Waals surface area contributed by atoms with E-state index in [1.807, 2.05) is 11.9 Å². The maximum Gasteiger partial charge on any atom is 0.249 e. The SMILES string of the molecule is CCCC(C)N(C)c1snc(N)c1S(=O)(=O)N(C)C. The van der Waals surface area contributed by atoms with Crippen LogP contribution in [0.4, 0.5) is 10.8 Å². The Bertz CT molecular complexity index is 525. The van der Waals surface area contributed by atoms with Gasteiger partial charge in [-0.15, -0.1) is 0 Å². The van der Waals surface area contributed by atoms with E-state index >= 15 is 0 Å². The summed E-state index contributed by atoms with van der Waals surface area (Å²) in [6.07, 6.45) is 2.02. The van der Waals surface area contributed by atoms with Crippen molar-refractivity contribution >= 4 is 32.4 Å². The van der Waals surface area contributed by atoms with E-state index in [9.17, 15) is 8.42 Å². The van der Waals surface area contributed by atoms with E-state index in [4.69, 9.17) is 5.73 Å². The summed E-state index contributed by atoms with van der Waals surface area (Å²) in [5.74, 6) is 0.0734. The van der Waals surface area contributed by atoms with Gasteiger partial charge in [0.05, 0.1) is 0 Å². The van der Waals surface area contributed by atoms with Crippen LogP contribution < -0.4 is 10.6 Å². The van der Waals surface area contributed by atoms with Gasteiger partial charge in [0.2, 0.25) is 10.0 Å². The lowest BCUT2D eigenvalue weighted by Gasteiger charge is -2.26. The van der Waals surface area contributed by atoms with Gasteiger partial charge in [0.1, 0.15) is 5.00 Å². The van der Waals surface area contributed by atoms with E-state index in [0.29, 0.717) is 5.00 Å². The van der Waals surface area contributed by atoms with Crippen LogP contribution in [-0.2, 0) is 10.0 Å². The smallest absolute Gasteiger partial charge is 0.249 e. The van der Waals surface area contributed by atoms with Crippen LogP contribution in [0.1, 0.15) is 26.7 Å². The van der Waals surface area contributed by atoms with Gasteiger partial charge in [0.25, 0.3) is 0 Å². The molecule has 0 saturated heterocycles. The highest BCUT2D eigenvalue weighted by Gasteiger charge is 2.30. The van der Waals surface area contributed by atoms with Gasteiger partial charge in [-0.2, -0.15) is 4.37 Å². The molecule has 0 aromatic carbocycles. The van der Waals surface area contributed by atoms with E-state index in [1.165, 1.54) is 14.1 Å². The molecular formula is C11H22N4O2S2. The highest BCUT2D eigenvalue weighted by molar-refractivity contribution is 7.89. The molecule has 1 aromatic heterocycles. The van der Waals surface area contributed by atoms with E-state index in [2.05, 4.69) is 18.2 Å². The van der Waals surface area contributed by atoms with Gasteiger partial charge in [-0.05, 0) is 24.9 Å². The molecule has 2 N–H and O–H groups in total. The molecule has 1 atom stereocenters. The van der Waals surface area contributed by atoms with Crippen molar-refractivity contribution in [2.45, 2.75) is 37.6 Å². The monoisotopic (exact) mass is 306 g/mol. The summed E-state index contributed by atoms with van der Waals surface area (Å²) in [4.78, 5) is 2.06. The van der Waals surface area contributed by atoms with Crippen LogP contribution in [0.25, 0.3) is 0 Å². The topological polar surface area (TPSA) is 79.5 Å². The minimum Gasteiger partial charge on any atom is -0.382 e. The average molecular weight is 306 g/mol. The number of sulfonamides is 1. The highest BCUT2D eigenvalue weighted by Crippen LogP contribution is 2.36. The van der Waals surface area contributed by atoms with Gasteiger partial charge >= 0.3 is 0 Å². The molecule has 1 heterocycles. The van der Waals surface area contributed by atoms with Gasteiger partial charge in [-0.3, -0.25) is 0 Å². The zero-order valence-electron chi connectivity index (χ0n) is 12.0. The standard InChI is InChI=1S/C11H22N4O2S2/c1-6-7-8(2)15(5)11-9(10(12)13-18-11)19(16,17)14(3)4/h8H,6-7H2,1-5H3,(H2,12,13). The molecule has 6 nitrogen and oxygen atoms in total. The molecule has 8 heteroatoms. The fraction of sp³-hybridized carbons (Fsp3) is 0.727. The number of nitrogens with two attached hydrogens (primary N) is 1. The third-order valence-electron chi connectivity index (χ3n) is 3.08. The van der Waals surface area contributed by atoms with Gasteiger partial charge in [-0.25, -0.2) is 12.7 Å². The van der Waals surface area contributed by atoms with Crippen molar-refractivity contribution in [3.8, 4) is 0 Å². The van der Waals surface area contributed by atoms with Gasteiger partial charge in [0.15, 0.2) is 10.7 Å². The first kappa shape index (κ1) is 16.2. The molecule has 1 aromatic rings. The lowest BCUT2D eigenvalue weighted by molar-refractivity contribution is 0.520. The first-order chi connectivity index (χ1) is 8.73. The summed E-state index contributed by atoms with van der Waals surface area (Å²) in [6.45, 7) is 4.16. The third kappa shape index (κ3) is 3.18. The summed E-state index contributed by atoms with van der Waals surface area (Å²) in [6, 6.07) is 0.237. The van der Waals surface area contributed by atoms with Gasteiger partial charge < -0.3 is 10.6 Å². The number of hydrogen-bond acceptors (Lipinski definition) is 6. The van der Waals surface area contributed by atoms with Crippen LogP contribution in [0.3, 0.4) is 0 Å². The number of anilines is 2. The van der Waals surface area contributed by atoms with E-state index < -0.39 is 10.0 Å². The minimum absolute atomic E-state index is 0.0734. The Kier molecular flexibility index (Phi) is 5.17. The highest BCUT2D eigenvalue weighted by atomic mass is 32.2. The van der Waals surface area contributed by atoms with Crippen LogP contribution in [-0.4, -0.2) is 44.3 Å². The Morgan fingerprint density at radius 1 is 1.37 bits per heavy atom. The third-order valence-corrected chi connectivity index (χ3v) is 6.05. The largest absolute Gasteiger partial charge is 0.382 e. The average Bonchev–Trinajstić information content (AvgIpc) is 2.70.